The number of pyridine rings is 1. The minimum absolute atomic E-state index is 0.272. The van der Waals surface area contributed by atoms with Gasteiger partial charge in [0.05, 0.1) is 0 Å². The highest BCUT2D eigenvalue weighted by atomic mass is 35.5. The maximum absolute atomic E-state index is 12.0. The van der Waals surface area contributed by atoms with Crippen LogP contribution in [0.1, 0.15) is 28.4 Å². The third-order valence-electron chi connectivity index (χ3n) is 3.82. The van der Waals surface area contributed by atoms with Gasteiger partial charge in [0.15, 0.2) is 0 Å². The van der Waals surface area contributed by atoms with Gasteiger partial charge in [0.1, 0.15) is 5.69 Å². The molecule has 114 valence electrons. The summed E-state index contributed by atoms with van der Waals surface area (Å²) in [4.78, 5) is 25.7. The number of benzene rings is 1. The molecule has 1 amide bonds. The second-order valence-electron chi connectivity index (χ2n) is 5.41. The highest BCUT2D eigenvalue weighted by Crippen LogP contribution is 2.49. The molecule has 0 spiro atoms. The average Bonchev–Trinajstić information content (AvgIpc) is 3.24. The molecule has 1 aromatic carbocycles. The van der Waals surface area contributed by atoms with Gasteiger partial charge in [0.2, 0.25) is 5.56 Å². The van der Waals surface area contributed by atoms with Crippen molar-refractivity contribution >= 4 is 29.1 Å². The van der Waals surface area contributed by atoms with Crippen LogP contribution in [-0.2, 0) is 0 Å². The van der Waals surface area contributed by atoms with E-state index in [1.807, 2.05) is 12.1 Å². The number of hydrogen-bond donors (Lipinski definition) is 2. The van der Waals surface area contributed by atoms with Crippen molar-refractivity contribution in [1.82, 2.24) is 10.3 Å². The lowest BCUT2D eigenvalue weighted by Gasteiger charge is -2.06. The largest absolute Gasteiger partial charge is 0.350 e. The van der Waals surface area contributed by atoms with Crippen molar-refractivity contribution in [3.05, 3.63) is 68.1 Å². The van der Waals surface area contributed by atoms with Gasteiger partial charge in [0, 0.05) is 22.7 Å². The number of rotatable bonds is 4. The molecule has 1 heterocycles. The second kappa shape index (κ2) is 6.15. The summed E-state index contributed by atoms with van der Waals surface area (Å²) in [5.41, 5.74) is 1.05. The summed E-state index contributed by atoms with van der Waals surface area (Å²) >= 11 is 12.1. The van der Waals surface area contributed by atoms with Crippen molar-refractivity contribution in [2.45, 2.75) is 12.3 Å². The lowest BCUT2D eigenvalue weighted by Crippen LogP contribution is -2.28. The Balaban J connectivity index is 1.58. The van der Waals surface area contributed by atoms with Crippen LogP contribution in [0.3, 0.4) is 0 Å². The summed E-state index contributed by atoms with van der Waals surface area (Å²) in [5, 5.41) is 4.12. The van der Waals surface area contributed by atoms with Crippen molar-refractivity contribution in [2.24, 2.45) is 5.92 Å². The van der Waals surface area contributed by atoms with E-state index in [9.17, 15) is 9.59 Å². The molecule has 2 aromatic rings. The number of H-pyrrole nitrogens is 1. The Morgan fingerprint density at radius 2 is 2.09 bits per heavy atom. The maximum Gasteiger partial charge on any atom is 0.267 e. The van der Waals surface area contributed by atoms with Crippen LogP contribution in [0.15, 0.2) is 41.2 Å². The smallest absolute Gasteiger partial charge is 0.267 e. The molecule has 3 rings (SSSR count). The zero-order valence-electron chi connectivity index (χ0n) is 11.6. The molecule has 0 aliphatic heterocycles. The fourth-order valence-corrected chi connectivity index (χ4v) is 3.10. The van der Waals surface area contributed by atoms with E-state index in [4.69, 9.17) is 23.2 Å². The summed E-state index contributed by atoms with van der Waals surface area (Å²) in [6.45, 7) is 0.555. The number of aromatic amines is 1. The van der Waals surface area contributed by atoms with E-state index in [0.29, 0.717) is 28.4 Å². The summed E-state index contributed by atoms with van der Waals surface area (Å²) in [5.74, 6) is 0.434. The first-order valence-electron chi connectivity index (χ1n) is 6.97. The highest BCUT2D eigenvalue weighted by molar-refractivity contribution is 6.35. The van der Waals surface area contributed by atoms with E-state index in [-0.39, 0.29) is 17.2 Å². The molecule has 0 unspecified atom stereocenters. The molecule has 4 nitrogen and oxygen atoms in total. The van der Waals surface area contributed by atoms with Crippen LogP contribution in [0.5, 0.6) is 0 Å². The van der Waals surface area contributed by atoms with Gasteiger partial charge in [0.25, 0.3) is 5.91 Å². The third kappa shape index (κ3) is 3.34. The van der Waals surface area contributed by atoms with Crippen molar-refractivity contribution in [3.63, 3.8) is 0 Å². The van der Waals surface area contributed by atoms with E-state index in [1.165, 1.54) is 6.07 Å². The normalized spacial score (nSPS) is 19.7. The van der Waals surface area contributed by atoms with Crippen molar-refractivity contribution in [3.8, 4) is 0 Å². The van der Waals surface area contributed by atoms with Crippen LogP contribution in [-0.4, -0.2) is 17.4 Å². The number of nitrogens with one attached hydrogen (secondary N) is 2. The first-order chi connectivity index (χ1) is 10.5. The number of halogens is 2. The van der Waals surface area contributed by atoms with Gasteiger partial charge in [-0.3, -0.25) is 9.59 Å². The van der Waals surface area contributed by atoms with Crippen molar-refractivity contribution in [2.75, 3.05) is 6.54 Å². The van der Waals surface area contributed by atoms with E-state index in [0.717, 1.165) is 12.0 Å². The standard InChI is InChI=1S/C16H14Cl2N2O2/c17-10-4-5-11(13(18)7-10)12-6-9(12)8-19-16(22)14-2-1-3-15(21)20-14/h1-5,7,9,12H,6,8H2,(H,19,22)(H,20,21)/t9-,12+/m1/s1. The minimum Gasteiger partial charge on any atom is -0.350 e. The lowest BCUT2D eigenvalue weighted by molar-refractivity contribution is 0.0946. The second-order valence-corrected chi connectivity index (χ2v) is 6.25. The fraction of sp³-hybridized carbons (Fsp3) is 0.250. The molecule has 6 heteroatoms. The number of hydrogen-bond acceptors (Lipinski definition) is 2. The van der Waals surface area contributed by atoms with E-state index in [1.54, 1.807) is 18.2 Å². The molecule has 0 saturated heterocycles. The molecule has 1 aliphatic rings. The molecule has 0 radical (unpaired) electrons. The molecule has 1 fully saturated rings. The molecule has 1 aliphatic carbocycles. The van der Waals surface area contributed by atoms with Crippen molar-refractivity contribution < 1.29 is 4.79 Å². The van der Waals surface area contributed by atoms with Gasteiger partial charge in [-0.2, -0.15) is 0 Å². The molecule has 1 saturated carbocycles. The topological polar surface area (TPSA) is 62.0 Å². The van der Waals surface area contributed by atoms with Crippen LogP contribution >= 0.6 is 23.2 Å². The molecule has 22 heavy (non-hydrogen) atoms. The van der Waals surface area contributed by atoms with Crippen LogP contribution in [0.4, 0.5) is 0 Å². The first kappa shape index (κ1) is 15.1. The van der Waals surface area contributed by atoms with E-state index >= 15 is 0 Å². The summed E-state index contributed by atoms with van der Waals surface area (Å²) < 4.78 is 0. The predicted octanol–water partition coefficient (Wildman–Crippen LogP) is 3.22. The van der Waals surface area contributed by atoms with Gasteiger partial charge in [-0.15, -0.1) is 0 Å². The van der Waals surface area contributed by atoms with Gasteiger partial charge in [-0.05, 0) is 42.0 Å². The van der Waals surface area contributed by atoms with Gasteiger partial charge in [-0.25, -0.2) is 0 Å². The quantitative estimate of drug-likeness (QED) is 0.900. The zero-order chi connectivity index (χ0) is 15.7. The zero-order valence-corrected chi connectivity index (χ0v) is 13.1. The third-order valence-corrected chi connectivity index (χ3v) is 4.38. The Morgan fingerprint density at radius 3 is 2.82 bits per heavy atom. The van der Waals surface area contributed by atoms with Crippen LogP contribution in [0.2, 0.25) is 10.0 Å². The summed E-state index contributed by atoms with van der Waals surface area (Å²) in [7, 11) is 0. The number of aromatic nitrogens is 1. The Labute approximate surface area is 137 Å². The van der Waals surface area contributed by atoms with Crippen LogP contribution in [0, 0.1) is 5.92 Å². The fourth-order valence-electron chi connectivity index (χ4n) is 2.56. The van der Waals surface area contributed by atoms with E-state index in [2.05, 4.69) is 10.3 Å². The molecular weight excluding hydrogens is 323 g/mol. The Morgan fingerprint density at radius 1 is 1.27 bits per heavy atom. The SMILES string of the molecule is O=C(NC[C@H]1C[C@@H]1c1ccc(Cl)cc1Cl)c1cccc(=O)[nH]1. The van der Waals surface area contributed by atoms with Gasteiger partial charge < -0.3 is 10.3 Å². The molecule has 0 bridgehead atoms. The van der Waals surface area contributed by atoms with Gasteiger partial charge >= 0.3 is 0 Å². The average molecular weight is 337 g/mol. The van der Waals surface area contributed by atoms with Crippen molar-refractivity contribution in [1.29, 1.82) is 0 Å². The number of amides is 1. The highest BCUT2D eigenvalue weighted by Gasteiger charge is 2.39. The predicted molar refractivity (Wildman–Crippen MR) is 86.7 cm³/mol. The first-order valence-corrected chi connectivity index (χ1v) is 7.72. The molecule has 2 atom stereocenters. The Kier molecular flexibility index (Phi) is 4.23. The summed E-state index contributed by atoms with van der Waals surface area (Å²) in [6, 6.07) is 10.0. The molecule has 1 aromatic heterocycles. The van der Waals surface area contributed by atoms with Crippen LogP contribution < -0.4 is 10.9 Å². The molecular formula is C16H14Cl2N2O2. The Bertz CT molecular complexity index is 773. The van der Waals surface area contributed by atoms with Gasteiger partial charge in [-0.1, -0.05) is 35.3 Å². The minimum atomic E-state index is -0.287. The number of carbonyl (C=O) groups excluding carboxylic acids is 1. The maximum atomic E-state index is 12.0. The van der Waals surface area contributed by atoms with Crippen LogP contribution in [0.25, 0.3) is 0 Å². The van der Waals surface area contributed by atoms with E-state index < -0.39 is 0 Å². The number of carbonyl (C=O) groups is 1. The lowest BCUT2D eigenvalue weighted by atomic mass is 10.1. The molecule has 2 N–H and O–H groups in total. The monoisotopic (exact) mass is 336 g/mol. The Hall–Kier alpha value is -1.78. The summed E-state index contributed by atoms with van der Waals surface area (Å²) in [6.07, 6.45) is 0.979.